The minimum Gasteiger partial charge on any atom is -0.305 e. The number of H-pyrrole nitrogens is 1. The van der Waals surface area contributed by atoms with Crippen molar-refractivity contribution in [1.82, 2.24) is 15.5 Å². The van der Waals surface area contributed by atoms with Crippen LogP contribution in [0.15, 0.2) is 53.4 Å². The van der Waals surface area contributed by atoms with Gasteiger partial charge in [-0.3, -0.25) is 15.2 Å². The molecule has 0 saturated carbocycles. The van der Waals surface area contributed by atoms with E-state index in [-0.39, 0.29) is 22.8 Å². The standard InChI is InChI=1S/C19H17FN4O3S/c1-11-4-2-7-14(8-11)28(26,27)19-16-15(10-21-19)23-24-17(16)22-18(25)12-5-3-6-13(20)9-12/h2-9,19,21H,10H2,1H3,(H2,22,23,24,25). The SMILES string of the molecule is Cc1cccc(S(=O)(=O)C2NCc3[nH]nc(NC(=O)c4cccc(F)c4)c32)c1. The second-order valence-electron chi connectivity index (χ2n) is 6.55. The maximum Gasteiger partial charge on any atom is 0.256 e. The van der Waals surface area contributed by atoms with Crippen molar-refractivity contribution in [3.05, 3.63) is 76.7 Å². The van der Waals surface area contributed by atoms with Crippen molar-refractivity contribution in [1.29, 1.82) is 0 Å². The number of carbonyl (C=O) groups is 1. The number of hydrogen-bond acceptors (Lipinski definition) is 5. The third-order valence-electron chi connectivity index (χ3n) is 4.56. The van der Waals surface area contributed by atoms with E-state index >= 15 is 0 Å². The molecule has 4 rings (SSSR count). The summed E-state index contributed by atoms with van der Waals surface area (Å²) in [6, 6.07) is 11.8. The average molecular weight is 400 g/mol. The van der Waals surface area contributed by atoms with Gasteiger partial charge in [-0.15, -0.1) is 0 Å². The summed E-state index contributed by atoms with van der Waals surface area (Å²) >= 11 is 0. The molecule has 1 amide bonds. The Bertz CT molecular complexity index is 1170. The molecule has 1 aliphatic heterocycles. The second kappa shape index (κ2) is 6.84. The Hall–Kier alpha value is -3.04. The monoisotopic (exact) mass is 400 g/mol. The molecule has 0 aliphatic carbocycles. The number of aryl methyl sites for hydroxylation is 1. The Balaban J connectivity index is 1.68. The van der Waals surface area contributed by atoms with Crippen LogP contribution >= 0.6 is 0 Å². The van der Waals surface area contributed by atoms with E-state index in [0.29, 0.717) is 11.3 Å². The minimum absolute atomic E-state index is 0.107. The quantitative estimate of drug-likeness (QED) is 0.625. The zero-order valence-corrected chi connectivity index (χ0v) is 15.7. The number of aromatic nitrogens is 2. The van der Waals surface area contributed by atoms with E-state index in [1.165, 1.54) is 24.3 Å². The Morgan fingerprint density at radius 3 is 2.75 bits per heavy atom. The summed E-state index contributed by atoms with van der Waals surface area (Å²) in [5.74, 6) is -1.01. The van der Waals surface area contributed by atoms with Gasteiger partial charge in [0, 0.05) is 12.1 Å². The summed E-state index contributed by atoms with van der Waals surface area (Å²) in [6.45, 7) is 2.09. The van der Waals surface area contributed by atoms with Crippen molar-refractivity contribution in [3.8, 4) is 0 Å². The number of anilines is 1. The maximum absolute atomic E-state index is 13.4. The third-order valence-corrected chi connectivity index (χ3v) is 6.49. The van der Waals surface area contributed by atoms with E-state index in [1.54, 1.807) is 12.1 Å². The predicted octanol–water partition coefficient (Wildman–Crippen LogP) is 2.69. The number of carbonyl (C=O) groups excluding carboxylic acids is 1. The highest BCUT2D eigenvalue weighted by Crippen LogP contribution is 2.37. The smallest absolute Gasteiger partial charge is 0.256 e. The number of nitrogens with zero attached hydrogens (tertiary/aromatic N) is 1. The first-order valence-electron chi connectivity index (χ1n) is 8.54. The summed E-state index contributed by atoms with van der Waals surface area (Å²) in [7, 11) is -3.76. The molecule has 7 nitrogen and oxygen atoms in total. The van der Waals surface area contributed by atoms with Gasteiger partial charge < -0.3 is 5.32 Å². The molecule has 1 aliphatic rings. The van der Waals surface area contributed by atoms with Gasteiger partial charge in [0.1, 0.15) is 11.2 Å². The van der Waals surface area contributed by atoms with Crippen molar-refractivity contribution in [2.45, 2.75) is 23.7 Å². The van der Waals surface area contributed by atoms with E-state index in [4.69, 9.17) is 0 Å². The van der Waals surface area contributed by atoms with E-state index in [2.05, 4.69) is 20.8 Å². The number of rotatable bonds is 4. The number of amides is 1. The zero-order valence-electron chi connectivity index (χ0n) is 14.9. The fourth-order valence-electron chi connectivity index (χ4n) is 3.20. The van der Waals surface area contributed by atoms with Crippen molar-refractivity contribution >= 4 is 21.6 Å². The van der Waals surface area contributed by atoms with Crippen molar-refractivity contribution < 1.29 is 17.6 Å². The number of sulfone groups is 1. The van der Waals surface area contributed by atoms with Gasteiger partial charge in [-0.05, 0) is 42.8 Å². The maximum atomic E-state index is 13.4. The molecule has 2 aromatic carbocycles. The number of halogens is 1. The molecule has 0 fully saturated rings. The van der Waals surface area contributed by atoms with Crippen LogP contribution in [0.3, 0.4) is 0 Å². The number of nitrogens with one attached hydrogen (secondary N) is 3. The van der Waals surface area contributed by atoms with Gasteiger partial charge in [-0.2, -0.15) is 5.10 Å². The molecule has 9 heteroatoms. The van der Waals surface area contributed by atoms with Gasteiger partial charge in [0.2, 0.25) is 0 Å². The predicted molar refractivity (Wildman–Crippen MR) is 101 cm³/mol. The van der Waals surface area contributed by atoms with Crippen LogP contribution in [-0.4, -0.2) is 24.5 Å². The number of benzene rings is 2. The van der Waals surface area contributed by atoms with Crippen LogP contribution in [-0.2, 0) is 16.4 Å². The normalized spacial score (nSPS) is 16.0. The number of aromatic amines is 1. The molecule has 28 heavy (non-hydrogen) atoms. The first-order valence-corrected chi connectivity index (χ1v) is 10.1. The molecule has 3 aromatic rings. The molecule has 3 N–H and O–H groups in total. The average Bonchev–Trinajstić information content (AvgIpc) is 3.25. The minimum atomic E-state index is -3.76. The lowest BCUT2D eigenvalue weighted by Gasteiger charge is -2.15. The highest BCUT2D eigenvalue weighted by molar-refractivity contribution is 7.91. The summed E-state index contributed by atoms with van der Waals surface area (Å²) < 4.78 is 39.6. The van der Waals surface area contributed by atoms with Gasteiger partial charge in [-0.25, -0.2) is 12.8 Å². The topological polar surface area (TPSA) is 104 Å². The molecule has 2 heterocycles. The van der Waals surface area contributed by atoms with Gasteiger partial charge >= 0.3 is 0 Å². The molecule has 0 bridgehead atoms. The van der Waals surface area contributed by atoms with Gasteiger partial charge in [-0.1, -0.05) is 18.2 Å². The lowest BCUT2D eigenvalue weighted by Crippen LogP contribution is -2.24. The van der Waals surface area contributed by atoms with Crippen LogP contribution in [0, 0.1) is 12.7 Å². The van der Waals surface area contributed by atoms with E-state index < -0.39 is 26.9 Å². The summed E-state index contributed by atoms with van der Waals surface area (Å²) in [6.07, 6.45) is 0. The summed E-state index contributed by atoms with van der Waals surface area (Å²) in [5, 5.41) is 11.3. The molecule has 0 saturated heterocycles. The molecule has 1 unspecified atom stereocenters. The number of fused-ring (bicyclic) bond motifs is 1. The Morgan fingerprint density at radius 2 is 2.00 bits per heavy atom. The van der Waals surface area contributed by atoms with Gasteiger partial charge in [0.25, 0.3) is 5.91 Å². The van der Waals surface area contributed by atoms with E-state index in [9.17, 15) is 17.6 Å². The van der Waals surface area contributed by atoms with Crippen LogP contribution < -0.4 is 10.6 Å². The molecule has 0 spiro atoms. The van der Waals surface area contributed by atoms with Crippen LogP contribution in [0.5, 0.6) is 0 Å². The number of hydrogen-bond donors (Lipinski definition) is 3. The van der Waals surface area contributed by atoms with Crippen LogP contribution in [0.2, 0.25) is 0 Å². The molecule has 1 aromatic heterocycles. The fourth-order valence-corrected chi connectivity index (χ4v) is 4.96. The molecular formula is C19H17FN4O3S. The Kier molecular flexibility index (Phi) is 4.48. The lowest BCUT2D eigenvalue weighted by atomic mass is 10.2. The third kappa shape index (κ3) is 3.19. The fraction of sp³-hybridized carbons (Fsp3) is 0.158. The van der Waals surface area contributed by atoms with Crippen molar-refractivity contribution in [2.24, 2.45) is 0 Å². The highest BCUT2D eigenvalue weighted by Gasteiger charge is 2.39. The molecule has 144 valence electrons. The zero-order chi connectivity index (χ0) is 19.9. The van der Waals surface area contributed by atoms with Crippen LogP contribution in [0.4, 0.5) is 10.2 Å². The van der Waals surface area contributed by atoms with Crippen molar-refractivity contribution in [2.75, 3.05) is 5.32 Å². The van der Waals surface area contributed by atoms with E-state index in [1.807, 2.05) is 13.0 Å². The molecular weight excluding hydrogens is 383 g/mol. The largest absolute Gasteiger partial charge is 0.305 e. The summed E-state index contributed by atoms with van der Waals surface area (Å²) in [5.41, 5.74) is 1.88. The Labute approximate surface area is 160 Å². The molecule has 0 radical (unpaired) electrons. The molecule has 1 atom stereocenters. The first-order chi connectivity index (χ1) is 13.4. The Morgan fingerprint density at radius 1 is 1.21 bits per heavy atom. The van der Waals surface area contributed by atoms with Crippen LogP contribution in [0.1, 0.15) is 32.6 Å². The lowest BCUT2D eigenvalue weighted by molar-refractivity contribution is 0.102. The summed E-state index contributed by atoms with van der Waals surface area (Å²) in [4.78, 5) is 12.6. The highest BCUT2D eigenvalue weighted by atomic mass is 32.2. The van der Waals surface area contributed by atoms with Crippen LogP contribution in [0.25, 0.3) is 0 Å². The van der Waals surface area contributed by atoms with E-state index in [0.717, 1.165) is 11.6 Å². The van der Waals surface area contributed by atoms with Gasteiger partial charge in [0.15, 0.2) is 15.7 Å². The van der Waals surface area contributed by atoms with Crippen molar-refractivity contribution in [3.63, 3.8) is 0 Å². The first kappa shape index (κ1) is 18.3. The second-order valence-corrected chi connectivity index (χ2v) is 8.58. The van der Waals surface area contributed by atoms with Gasteiger partial charge in [0.05, 0.1) is 16.2 Å².